The first kappa shape index (κ1) is 10.5. The van der Waals surface area contributed by atoms with Gasteiger partial charge in [0.25, 0.3) is 0 Å². The summed E-state index contributed by atoms with van der Waals surface area (Å²) in [6.07, 6.45) is 14.9. The number of hydrogen-bond donors (Lipinski definition) is 1. The van der Waals surface area contributed by atoms with Crippen LogP contribution in [0.15, 0.2) is 24.9 Å². The number of imidazole rings is 1. The van der Waals surface area contributed by atoms with Gasteiger partial charge in [0.15, 0.2) is 0 Å². The standard InChI is InChI=1S/C14H17N3/c1-2-4-14-11(3-1)7-15-8-12(14)5-6-13-9-16-10-17-13/h7-10H,1-6H2,(H,16,17). The molecule has 17 heavy (non-hydrogen) atoms. The van der Waals surface area contributed by atoms with Crippen LogP contribution >= 0.6 is 0 Å². The number of pyridine rings is 1. The van der Waals surface area contributed by atoms with E-state index in [0.29, 0.717) is 0 Å². The van der Waals surface area contributed by atoms with E-state index in [2.05, 4.69) is 15.0 Å². The predicted octanol–water partition coefficient (Wildman–Crippen LogP) is 2.47. The number of H-pyrrole nitrogens is 1. The molecule has 1 aliphatic carbocycles. The molecule has 0 atom stereocenters. The first-order valence-electron chi connectivity index (χ1n) is 6.35. The molecule has 0 amide bonds. The largest absolute Gasteiger partial charge is 0.348 e. The minimum atomic E-state index is 1.03. The molecule has 0 unspecified atom stereocenters. The normalized spacial score (nSPS) is 14.6. The van der Waals surface area contributed by atoms with Crippen LogP contribution in [0.5, 0.6) is 0 Å². The van der Waals surface area contributed by atoms with Gasteiger partial charge in [0, 0.05) is 24.3 Å². The third-order valence-electron chi connectivity index (χ3n) is 3.58. The van der Waals surface area contributed by atoms with Crippen LogP contribution in [0.2, 0.25) is 0 Å². The van der Waals surface area contributed by atoms with E-state index >= 15 is 0 Å². The maximum absolute atomic E-state index is 4.37. The topological polar surface area (TPSA) is 41.6 Å². The van der Waals surface area contributed by atoms with E-state index in [1.54, 1.807) is 11.9 Å². The number of rotatable bonds is 3. The Hall–Kier alpha value is -1.64. The van der Waals surface area contributed by atoms with Crippen molar-refractivity contribution in [3.63, 3.8) is 0 Å². The molecule has 88 valence electrons. The highest BCUT2D eigenvalue weighted by Crippen LogP contribution is 2.24. The van der Waals surface area contributed by atoms with Gasteiger partial charge in [0.2, 0.25) is 0 Å². The summed E-state index contributed by atoms with van der Waals surface area (Å²) in [5, 5.41) is 0. The van der Waals surface area contributed by atoms with Crippen molar-refractivity contribution in [2.24, 2.45) is 0 Å². The van der Waals surface area contributed by atoms with Crippen molar-refractivity contribution in [1.82, 2.24) is 15.0 Å². The van der Waals surface area contributed by atoms with Crippen molar-refractivity contribution in [2.75, 3.05) is 0 Å². The maximum atomic E-state index is 4.37. The van der Waals surface area contributed by atoms with E-state index in [0.717, 1.165) is 12.8 Å². The monoisotopic (exact) mass is 227 g/mol. The van der Waals surface area contributed by atoms with Gasteiger partial charge in [-0.3, -0.25) is 4.98 Å². The second-order valence-corrected chi connectivity index (χ2v) is 4.72. The average molecular weight is 227 g/mol. The lowest BCUT2D eigenvalue weighted by atomic mass is 9.89. The van der Waals surface area contributed by atoms with Crippen molar-refractivity contribution in [3.8, 4) is 0 Å². The molecule has 0 aliphatic heterocycles. The lowest BCUT2D eigenvalue weighted by Crippen LogP contribution is -2.08. The first-order chi connectivity index (χ1) is 8.43. The Morgan fingerprint density at radius 3 is 2.82 bits per heavy atom. The molecular weight excluding hydrogens is 210 g/mol. The molecular formula is C14H17N3. The number of nitrogens with zero attached hydrogens (tertiary/aromatic N) is 2. The Labute approximate surface area is 101 Å². The van der Waals surface area contributed by atoms with Crippen LogP contribution in [0.4, 0.5) is 0 Å². The zero-order valence-corrected chi connectivity index (χ0v) is 9.95. The summed E-state index contributed by atoms with van der Waals surface area (Å²) < 4.78 is 0. The fraction of sp³-hybridized carbons (Fsp3) is 0.429. The highest BCUT2D eigenvalue weighted by molar-refractivity contribution is 5.34. The number of hydrogen-bond acceptors (Lipinski definition) is 2. The average Bonchev–Trinajstić information content (AvgIpc) is 2.89. The van der Waals surface area contributed by atoms with Crippen LogP contribution in [0, 0.1) is 0 Å². The Kier molecular flexibility index (Phi) is 2.90. The summed E-state index contributed by atoms with van der Waals surface area (Å²) >= 11 is 0. The number of aromatic nitrogens is 3. The van der Waals surface area contributed by atoms with Gasteiger partial charge in [-0.25, -0.2) is 4.98 Å². The third kappa shape index (κ3) is 2.23. The highest BCUT2D eigenvalue weighted by atomic mass is 14.9. The van der Waals surface area contributed by atoms with Crippen LogP contribution in [-0.2, 0) is 25.7 Å². The van der Waals surface area contributed by atoms with E-state index in [1.165, 1.54) is 42.5 Å². The SMILES string of the molecule is c1ncc(CCc2cncc3c2CCCC3)[nH]1. The highest BCUT2D eigenvalue weighted by Gasteiger charge is 2.13. The van der Waals surface area contributed by atoms with Crippen molar-refractivity contribution < 1.29 is 0 Å². The lowest BCUT2D eigenvalue weighted by Gasteiger charge is -2.18. The first-order valence-corrected chi connectivity index (χ1v) is 6.35. The molecule has 3 nitrogen and oxygen atoms in total. The predicted molar refractivity (Wildman–Crippen MR) is 66.9 cm³/mol. The number of nitrogens with one attached hydrogen (secondary N) is 1. The molecule has 0 saturated carbocycles. The molecule has 3 rings (SSSR count). The molecule has 2 aromatic rings. The molecule has 0 fully saturated rings. The summed E-state index contributed by atoms with van der Waals surface area (Å²) in [5.74, 6) is 0. The second kappa shape index (κ2) is 4.70. The third-order valence-corrected chi connectivity index (χ3v) is 3.58. The maximum Gasteiger partial charge on any atom is 0.0921 e. The van der Waals surface area contributed by atoms with E-state index in [-0.39, 0.29) is 0 Å². The van der Waals surface area contributed by atoms with E-state index in [9.17, 15) is 0 Å². The van der Waals surface area contributed by atoms with Gasteiger partial charge >= 0.3 is 0 Å². The molecule has 0 aromatic carbocycles. The molecule has 0 radical (unpaired) electrons. The van der Waals surface area contributed by atoms with Crippen molar-refractivity contribution >= 4 is 0 Å². The van der Waals surface area contributed by atoms with Crippen LogP contribution in [0.3, 0.4) is 0 Å². The Bertz CT molecular complexity index is 488. The summed E-state index contributed by atoms with van der Waals surface area (Å²) in [4.78, 5) is 11.6. The fourth-order valence-corrected chi connectivity index (χ4v) is 2.64. The summed E-state index contributed by atoms with van der Waals surface area (Å²) in [6.45, 7) is 0. The number of aryl methyl sites for hydroxylation is 3. The molecule has 1 N–H and O–H groups in total. The minimum absolute atomic E-state index is 1.03. The smallest absolute Gasteiger partial charge is 0.0921 e. The lowest BCUT2D eigenvalue weighted by molar-refractivity contribution is 0.672. The molecule has 0 bridgehead atoms. The van der Waals surface area contributed by atoms with E-state index in [1.807, 2.05) is 18.6 Å². The molecule has 3 heteroatoms. The van der Waals surface area contributed by atoms with Gasteiger partial charge in [0.1, 0.15) is 0 Å². The number of fused-ring (bicyclic) bond motifs is 1. The quantitative estimate of drug-likeness (QED) is 0.875. The molecule has 2 aromatic heterocycles. The van der Waals surface area contributed by atoms with Crippen LogP contribution in [0.25, 0.3) is 0 Å². The van der Waals surface area contributed by atoms with E-state index < -0.39 is 0 Å². The van der Waals surface area contributed by atoms with Gasteiger partial charge in [-0.1, -0.05) is 0 Å². The minimum Gasteiger partial charge on any atom is -0.348 e. The summed E-state index contributed by atoms with van der Waals surface area (Å²) in [6, 6.07) is 0. The van der Waals surface area contributed by atoms with Crippen LogP contribution < -0.4 is 0 Å². The molecule has 1 aliphatic rings. The van der Waals surface area contributed by atoms with Gasteiger partial charge in [-0.15, -0.1) is 0 Å². The molecule has 0 spiro atoms. The van der Waals surface area contributed by atoms with Gasteiger partial charge in [-0.05, 0) is 55.2 Å². The fourth-order valence-electron chi connectivity index (χ4n) is 2.64. The van der Waals surface area contributed by atoms with Crippen LogP contribution in [0.1, 0.15) is 35.2 Å². The van der Waals surface area contributed by atoms with Crippen LogP contribution in [-0.4, -0.2) is 15.0 Å². The molecule has 2 heterocycles. The summed E-state index contributed by atoms with van der Waals surface area (Å²) in [5.41, 5.74) is 5.67. The number of aromatic amines is 1. The van der Waals surface area contributed by atoms with Crippen molar-refractivity contribution in [3.05, 3.63) is 47.3 Å². The van der Waals surface area contributed by atoms with E-state index in [4.69, 9.17) is 0 Å². The molecule has 0 saturated heterocycles. The Morgan fingerprint density at radius 1 is 1.00 bits per heavy atom. The van der Waals surface area contributed by atoms with Crippen molar-refractivity contribution in [2.45, 2.75) is 38.5 Å². The van der Waals surface area contributed by atoms with Gasteiger partial charge < -0.3 is 4.98 Å². The Balaban J connectivity index is 1.78. The second-order valence-electron chi connectivity index (χ2n) is 4.72. The van der Waals surface area contributed by atoms with Gasteiger partial charge in [-0.2, -0.15) is 0 Å². The van der Waals surface area contributed by atoms with Crippen molar-refractivity contribution in [1.29, 1.82) is 0 Å². The summed E-state index contributed by atoms with van der Waals surface area (Å²) in [7, 11) is 0. The van der Waals surface area contributed by atoms with Gasteiger partial charge in [0.05, 0.1) is 6.33 Å². The zero-order chi connectivity index (χ0) is 11.5. The Morgan fingerprint density at radius 2 is 1.94 bits per heavy atom. The zero-order valence-electron chi connectivity index (χ0n) is 9.95.